The van der Waals surface area contributed by atoms with Crippen molar-refractivity contribution >= 4 is 11.9 Å². The molecule has 2 N–H and O–H groups in total. The number of ether oxygens (including phenoxy) is 2. The molecular weight excluding hydrogens is 411 g/mol. The molecule has 0 fully saturated rings. The average Bonchev–Trinajstić information content (AvgIpc) is 2.95. The lowest BCUT2D eigenvalue weighted by Gasteiger charge is -2.27. The second kappa shape index (κ2) is 8.70. The number of carbonyl (C=O) groups excluding carboxylic acids is 1. The second-order valence-corrected chi connectivity index (χ2v) is 6.83. The van der Waals surface area contributed by atoms with Gasteiger partial charge in [-0.1, -0.05) is 24.0 Å². The Kier molecular flexibility index (Phi) is 6.22. The predicted octanol–water partition coefficient (Wildman–Crippen LogP) is 2.76. The Balaban J connectivity index is 2.20. The molecule has 1 amide bonds. The van der Waals surface area contributed by atoms with E-state index in [1.165, 1.54) is 55.5 Å². The third-order valence-electron chi connectivity index (χ3n) is 4.87. The largest absolute Gasteiger partial charge is 0.435 e. The van der Waals surface area contributed by atoms with Gasteiger partial charge in [0, 0.05) is 14.2 Å². The number of alkyl halides is 2. The van der Waals surface area contributed by atoms with Crippen molar-refractivity contribution in [2.24, 2.45) is 10.7 Å². The number of benzene rings is 2. The molecule has 1 aliphatic rings. The van der Waals surface area contributed by atoms with Crippen molar-refractivity contribution in [3.05, 3.63) is 64.5 Å². The zero-order valence-corrected chi connectivity index (χ0v) is 17.1. The molecule has 6 nitrogen and oxygen atoms in total. The van der Waals surface area contributed by atoms with Crippen LogP contribution in [0.15, 0.2) is 41.4 Å². The van der Waals surface area contributed by atoms with Crippen LogP contribution in [0.2, 0.25) is 0 Å². The minimum atomic E-state index is -2.99. The second-order valence-electron chi connectivity index (χ2n) is 6.83. The van der Waals surface area contributed by atoms with E-state index in [1.54, 1.807) is 6.92 Å². The summed E-state index contributed by atoms with van der Waals surface area (Å²) in [6.07, 6.45) is 0. The molecule has 0 radical (unpaired) electrons. The highest BCUT2D eigenvalue weighted by Crippen LogP contribution is 2.41. The quantitative estimate of drug-likeness (QED) is 0.739. The summed E-state index contributed by atoms with van der Waals surface area (Å²) in [6.45, 7) is -1.32. The van der Waals surface area contributed by atoms with E-state index in [0.29, 0.717) is 16.7 Å². The molecule has 3 rings (SSSR count). The van der Waals surface area contributed by atoms with E-state index in [2.05, 4.69) is 21.6 Å². The third-order valence-corrected chi connectivity index (χ3v) is 4.87. The maximum absolute atomic E-state index is 14.3. The summed E-state index contributed by atoms with van der Waals surface area (Å²) < 4.78 is 48.9. The number of rotatable bonds is 5. The van der Waals surface area contributed by atoms with E-state index in [9.17, 15) is 18.0 Å². The highest BCUT2D eigenvalue weighted by Gasteiger charge is 2.49. The van der Waals surface area contributed by atoms with Gasteiger partial charge in [0.25, 0.3) is 5.91 Å². The van der Waals surface area contributed by atoms with Gasteiger partial charge in [-0.3, -0.25) is 9.69 Å². The summed E-state index contributed by atoms with van der Waals surface area (Å²) in [4.78, 5) is 18.9. The smallest absolute Gasteiger partial charge is 0.387 e. The molecule has 0 saturated carbocycles. The highest BCUT2D eigenvalue weighted by atomic mass is 19.3. The van der Waals surface area contributed by atoms with Crippen LogP contribution >= 0.6 is 0 Å². The first-order valence-electron chi connectivity index (χ1n) is 9.18. The van der Waals surface area contributed by atoms with Gasteiger partial charge < -0.3 is 15.2 Å². The van der Waals surface area contributed by atoms with Gasteiger partial charge in [-0.05, 0) is 47.9 Å². The van der Waals surface area contributed by atoms with E-state index in [0.717, 1.165) is 0 Å². The molecule has 0 spiro atoms. The Morgan fingerprint density at radius 3 is 2.48 bits per heavy atom. The van der Waals surface area contributed by atoms with Crippen molar-refractivity contribution in [3.63, 3.8) is 0 Å². The van der Waals surface area contributed by atoms with Crippen molar-refractivity contribution in [2.75, 3.05) is 20.8 Å². The van der Waals surface area contributed by atoms with Crippen molar-refractivity contribution in [1.29, 1.82) is 0 Å². The first kappa shape index (κ1) is 22.2. The van der Waals surface area contributed by atoms with Crippen LogP contribution in [0.4, 0.5) is 13.2 Å². The molecular formula is C22H20F3N3O3. The SMILES string of the molecule is COCC#Cc1cc([C@@]2(c3ccc(OC(F)F)c(C)c3)N=C(N)N(C)C2=O)ccc1F. The minimum Gasteiger partial charge on any atom is -0.435 e. The Labute approximate surface area is 177 Å². The van der Waals surface area contributed by atoms with E-state index in [4.69, 9.17) is 10.5 Å². The summed E-state index contributed by atoms with van der Waals surface area (Å²) in [6, 6.07) is 8.34. The number of hydrogen-bond donors (Lipinski definition) is 1. The number of aliphatic imine (C=N–C) groups is 1. The van der Waals surface area contributed by atoms with E-state index >= 15 is 0 Å². The fourth-order valence-corrected chi connectivity index (χ4v) is 3.34. The maximum atomic E-state index is 14.3. The van der Waals surface area contributed by atoms with Crippen molar-refractivity contribution in [3.8, 4) is 17.6 Å². The van der Waals surface area contributed by atoms with Gasteiger partial charge in [0.05, 0.1) is 5.56 Å². The van der Waals surface area contributed by atoms with Gasteiger partial charge in [0.15, 0.2) is 11.5 Å². The third kappa shape index (κ3) is 4.07. The molecule has 2 aromatic rings. The first-order valence-corrected chi connectivity index (χ1v) is 9.18. The van der Waals surface area contributed by atoms with Crippen LogP contribution in [0.1, 0.15) is 22.3 Å². The molecule has 0 aromatic heterocycles. The summed E-state index contributed by atoms with van der Waals surface area (Å²) in [5.74, 6) is 4.22. The maximum Gasteiger partial charge on any atom is 0.387 e. The van der Waals surface area contributed by atoms with Crippen LogP contribution in [0, 0.1) is 24.6 Å². The Morgan fingerprint density at radius 2 is 1.90 bits per heavy atom. The topological polar surface area (TPSA) is 77.2 Å². The number of halogens is 3. The molecule has 31 heavy (non-hydrogen) atoms. The lowest BCUT2D eigenvalue weighted by molar-refractivity contribution is -0.129. The number of guanidine groups is 1. The number of aryl methyl sites for hydroxylation is 1. The highest BCUT2D eigenvalue weighted by molar-refractivity contribution is 6.09. The molecule has 9 heteroatoms. The monoisotopic (exact) mass is 431 g/mol. The number of carbonyl (C=O) groups is 1. The average molecular weight is 431 g/mol. The van der Waals surface area contributed by atoms with Crippen LogP contribution in [-0.4, -0.2) is 44.1 Å². The van der Waals surface area contributed by atoms with Crippen LogP contribution in [0.5, 0.6) is 5.75 Å². The lowest BCUT2D eigenvalue weighted by atomic mass is 9.81. The summed E-state index contributed by atoms with van der Waals surface area (Å²) >= 11 is 0. The molecule has 0 aliphatic carbocycles. The standard InChI is InChI=1S/C22H20F3N3O3/c1-13-11-15(7-9-18(13)31-20(24)25)22(19(29)28(2)21(26)27-22)16-6-8-17(23)14(12-16)5-4-10-30-3/h6-9,11-12,20H,10H2,1-3H3,(H2,26,27)/t22-/m1/s1. The molecule has 1 atom stereocenters. The van der Waals surface area contributed by atoms with Gasteiger partial charge in [-0.2, -0.15) is 8.78 Å². The number of nitrogens with zero attached hydrogens (tertiary/aromatic N) is 2. The Hall–Kier alpha value is -3.51. The predicted molar refractivity (Wildman–Crippen MR) is 108 cm³/mol. The van der Waals surface area contributed by atoms with Crippen LogP contribution < -0.4 is 10.5 Å². The number of amides is 1. The Morgan fingerprint density at radius 1 is 1.23 bits per heavy atom. The van der Waals surface area contributed by atoms with E-state index in [-0.39, 0.29) is 23.9 Å². The number of nitrogens with two attached hydrogens (primary N) is 1. The zero-order valence-electron chi connectivity index (χ0n) is 17.1. The molecule has 0 bridgehead atoms. The van der Waals surface area contributed by atoms with Gasteiger partial charge in [0.1, 0.15) is 18.2 Å². The fourth-order valence-electron chi connectivity index (χ4n) is 3.34. The normalized spacial score (nSPS) is 18.1. The fraction of sp³-hybridized carbons (Fsp3) is 0.273. The van der Waals surface area contributed by atoms with Crippen LogP contribution in [0.25, 0.3) is 0 Å². The molecule has 1 heterocycles. The van der Waals surface area contributed by atoms with Gasteiger partial charge in [-0.15, -0.1) is 0 Å². The van der Waals surface area contributed by atoms with Gasteiger partial charge >= 0.3 is 6.61 Å². The van der Waals surface area contributed by atoms with E-state index in [1.807, 2.05) is 0 Å². The van der Waals surface area contributed by atoms with E-state index < -0.39 is 23.9 Å². The van der Waals surface area contributed by atoms with Crippen LogP contribution in [0.3, 0.4) is 0 Å². The van der Waals surface area contributed by atoms with Crippen LogP contribution in [-0.2, 0) is 15.1 Å². The molecule has 0 saturated heterocycles. The number of methoxy groups -OCH3 is 1. The number of likely N-dealkylation sites (N-methyl/N-ethyl adjacent to an activating group) is 1. The molecule has 1 aliphatic heterocycles. The van der Waals surface area contributed by atoms with Gasteiger partial charge in [-0.25, -0.2) is 9.38 Å². The van der Waals surface area contributed by atoms with Crippen molar-refractivity contribution in [2.45, 2.75) is 19.1 Å². The Bertz CT molecular complexity index is 1110. The summed E-state index contributed by atoms with van der Waals surface area (Å²) in [5.41, 5.74) is 5.43. The minimum absolute atomic E-state index is 0.0325. The summed E-state index contributed by atoms with van der Waals surface area (Å²) in [7, 11) is 2.93. The summed E-state index contributed by atoms with van der Waals surface area (Å²) in [5, 5.41) is 0. The van der Waals surface area contributed by atoms with Crippen molar-refractivity contribution < 1.29 is 27.4 Å². The van der Waals surface area contributed by atoms with Crippen molar-refractivity contribution in [1.82, 2.24) is 4.90 Å². The molecule has 0 unspecified atom stereocenters. The first-order chi connectivity index (χ1) is 14.7. The van der Waals surface area contributed by atoms with Gasteiger partial charge in [0.2, 0.25) is 0 Å². The molecule has 2 aromatic carbocycles. The lowest BCUT2D eigenvalue weighted by Crippen LogP contribution is -2.41. The molecule has 162 valence electrons. The zero-order chi connectivity index (χ0) is 22.8. The number of hydrogen-bond acceptors (Lipinski definition) is 5.